The molecule has 0 N–H and O–H groups in total. The predicted molar refractivity (Wildman–Crippen MR) is 107 cm³/mol. The Morgan fingerprint density at radius 1 is 1.06 bits per heavy atom. The first-order valence-electron chi connectivity index (χ1n) is 10.2. The topological polar surface area (TPSA) is 80.3 Å². The average Bonchev–Trinajstić information content (AvgIpc) is 3.37. The molecular weight excluding hydrogens is 400 g/mol. The molecule has 0 amide bonds. The number of hydrogen-bond donors (Lipinski definition) is 0. The van der Waals surface area contributed by atoms with Gasteiger partial charge in [-0.25, -0.2) is 4.79 Å². The molecule has 2 aromatic rings. The Labute approximate surface area is 179 Å². The van der Waals surface area contributed by atoms with Gasteiger partial charge in [0, 0.05) is 11.8 Å². The molecule has 0 aromatic heterocycles. The lowest BCUT2D eigenvalue weighted by molar-refractivity contribution is -0.312. The Kier molecular flexibility index (Phi) is 5.55. The molecule has 5 rings (SSSR count). The van der Waals surface area contributed by atoms with Crippen molar-refractivity contribution in [1.29, 1.82) is 0 Å². The van der Waals surface area contributed by atoms with E-state index < -0.39 is 30.8 Å². The van der Waals surface area contributed by atoms with Gasteiger partial charge in [-0.05, 0) is 29.3 Å². The van der Waals surface area contributed by atoms with E-state index in [4.69, 9.17) is 23.7 Å². The van der Waals surface area contributed by atoms with Gasteiger partial charge in [-0.3, -0.25) is 4.79 Å². The summed E-state index contributed by atoms with van der Waals surface area (Å²) in [5, 5.41) is 0. The Morgan fingerprint density at radius 2 is 1.81 bits per heavy atom. The van der Waals surface area contributed by atoms with Crippen LogP contribution >= 0.6 is 0 Å². The van der Waals surface area contributed by atoms with E-state index in [0.717, 1.165) is 11.1 Å². The molecule has 2 fully saturated rings. The SMILES string of the molecule is O=CO[C@H]1O[C@@H]2OCC3=C[C@H](OC(=O)c4ccccc4)[C@H]([C@@H]1OCc1ccccc1)[C@@H]32. The fourth-order valence-electron chi connectivity index (χ4n) is 4.57. The number of hydrogen-bond acceptors (Lipinski definition) is 7. The van der Waals surface area contributed by atoms with Gasteiger partial charge in [0.1, 0.15) is 12.2 Å². The quantitative estimate of drug-likeness (QED) is 0.386. The Balaban J connectivity index is 1.40. The summed E-state index contributed by atoms with van der Waals surface area (Å²) in [7, 11) is 0. The van der Waals surface area contributed by atoms with E-state index in [9.17, 15) is 9.59 Å². The minimum Gasteiger partial charge on any atom is -0.454 e. The largest absolute Gasteiger partial charge is 0.454 e. The number of benzene rings is 2. The van der Waals surface area contributed by atoms with Crippen molar-refractivity contribution in [1.82, 2.24) is 0 Å². The van der Waals surface area contributed by atoms with Crippen LogP contribution in [-0.4, -0.2) is 43.8 Å². The van der Waals surface area contributed by atoms with Crippen molar-refractivity contribution in [2.45, 2.75) is 31.4 Å². The van der Waals surface area contributed by atoms with E-state index in [0.29, 0.717) is 25.2 Å². The van der Waals surface area contributed by atoms with Gasteiger partial charge in [0.15, 0.2) is 6.29 Å². The monoisotopic (exact) mass is 422 g/mol. The van der Waals surface area contributed by atoms with Crippen molar-refractivity contribution in [3.05, 3.63) is 83.4 Å². The second kappa shape index (κ2) is 8.63. The van der Waals surface area contributed by atoms with Crippen molar-refractivity contribution < 1.29 is 33.3 Å². The van der Waals surface area contributed by atoms with E-state index in [1.165, 1.54) is 0 Å². The first-order chi connectivity index (χ1) is 15.2. The molecular formula is C24H22O7. The molecule has 6 atom stereocenters. The van der Waals surface area contributed by atoms with Crippen LogP contribution in [-0.2, 0) is 35.1 Å². The molecule has 0 spiro atoms. The molecule has 7 nitrogen and oxygen atoms in total. The van der Waals surface area contributed by atoms with Crippen molar-refractivity contribution in [2.75, 3.05) is 6.61 Å². The lowest BCUT2D eigenvalue weighted by atomic mass is 9.83. The molecule has 0 unspecified atom stereocenters. The van der Waals surface area contributed by atoms with Gasteiger partial charge in [-0.2, -0.15) is 0 Å². The van der Waals surface area contributed by atoms with E-state index in [-0.39, 0.29) is 11.8 Å². The molecule has 1 aliphatic carbocycles. The van der Waals surface area contributed by atoms with Gasteiger partial charge in [0.05, 0.1) is 18.8 Å². The summed E-state index contributed by atoms with van der Waals surface area (Å²) in [6, 6.07) is 18.5. The summed E-state index contributed by atoms with van der Waals surface area (Å²) in [4.78, 5) is 23.9. The highest BCUT2D eigenvalue weighted by Crippen LogP contribution is 2.49. The van der Waals surface area contributed by atoms with Crippen LogP contribution in [0.1, 0.15) is 15.9 Å². The molecule has 2 aliphatic heterocycles. The third-order valence-corrected chi connectivity index (χ3v) is 5.95. The number of rotatable bonds is 7. The van der Waals surface area contributed by atoms with Crippen molar-refractivity contribution in [3.63, 3.8) is 0 Å². The highest BCUT2D eigenvalue weighted by atomic mass is 16.8. The Bertz CT molecular complexity index is 958. The van der Waals surface area contributed by atoms with Crippen molar-refractivity contribution in [3.8, 4) is 0 Å². The van der Waals surface area contributed by atoms with Crippen LogP contribution in [0.5, 0.6) is 0 Å². The number of carbonyl (C=O) groups is 2. The van der Waals surface area contributed by atoms with E-state index in [2.05, 4.69) is 0 Å². The van der Waals surface area contributed by atoms with Crippen LogP contribution in [0.2, 0.25) is 0 Å². The highest BCUT2D eigenvalue weighted by molar-refractivity contribution is 5.89. The fourth-order valence-corrected chi connectivity index (χ4v) is 4.57. The van der Waals surface area contributed by atoms with Crippen LogP contribution in [0.15, 0.2) is 72.3 Å². The van der Waals surface area contributed by atoms with Crippen LogP contribution in [0.3, 0.4) is 0 Å². The third-order valence-electron chi connectivity index (χ3n) is 5.95. The minimum atomic E-state index is -0.962. The summed E-state index contributed by atoms with van der Waals surface area (Å²) >= 11 is 0. The summed E-state index contributed by atoms with van der Waals surface area (Å²) in [6.07, 6.45) is -0.784. The first kappa shape index (κ1) is 19.9. The predicted octanol–water partition coefficient (Wildman–Crippen LogP) is 2.86. The van der Waals surface area contributed by atoms with Gasteiger partial charge in [-0.1, -0.05) is 48.5 Å². The second-order valence-electron chi connectivity index (χ2n) is 7.76. The van der Waals surface area contributed by atoms with Crippen LogP contribution < -0.4 is 0 Å². The third kappa shape index (κ3) is 3.87. The number of carbonyl (C=O) groups excluding carboxylic acids is 2. The molecule has 7 heteroatoms. The van der Waals surface area contributed by atoms with Gasteiger partial charge in [0.2, 0.25) is 6.29 Å². The normalized spacial score (nSPS) is 30.9. The molecule has 31 heavy (non-hydrogen) atoms. The lowest BCUT2D eigenvalue weighted by Crippen LogP contribution is -2.54. The number of esters is 1. The molecule has 0 saturated carbocycles. The highest BCUT2D eigenvalue weighted by Gasteiger charge is 2.58. The van der Waals surface area contributed by atoms with Gasteiger partial charge in [0.25, 0.3) is 6.47 Å². The summed E-state index contributed by atoms with van der Waals surface area (Å²) in [5.41, 5.74) is 2.46. The Morgan fingerprint density at radius 3 is 2.55 bits per heavy atom. The first-order valence-corrected chi connectivity index (χ1v) is 10.2. The van der Waals surface area contributed by atoms with Crippen LogP contribution in [0.4, 0.5) is 0 Å². The molecule has 2 aromatic carbocycles. The second-order valence-corrected chi connectivity index (χ2v) is 7.76. The van der Waals surface area contributed by atoms with Crippen LogP contribution in [0, 0.1) is 11.8 Å². The number of ether oxygens (including phenoxy) is 5. The van der Waals surface area contributed by atoms with E-state index in [1.807, 2.05) is 42.5 Å². The van der Waals surface area contributed by atoms with Crippen molar-refractivity contribution in [2.24, 2.45) is 11.8 Å². The smallest absolute Gasteiger partial charge is 0.338 e. The van der Waals surface area contributed by atoms with E-state index in [1.54, 1.807) is 24.3 Å². The average molecular weight is 422 g/mol. The molecule has 2 heterocycles. The fraction of sp³-hybridized carbons (Fsp3) is 0.333. The minimum absolute atomic E-state index is 0.124. The molecule has 3 aliphatic rings. The van der Waals surface area contributed by atoms with Gasteiger partial charge >= 0.3 is 5.97 Å². The molecule has 0 bridgehead atoms. The van der Waals surface area contributed by atoms with Gasteiger partial charge in [-0.15, -0.1) is 0 Å². The molecule has 2 saturated heterocycles. The summed E-state index contributed by atoms with van der Waals surface area (Å²) in [6.45, 7) is 1.02. The molecule has 0 radical (unpaired) electrons. The maximum absolute atomic E-state index is 12.7. The zero-order chi connectivity index (χ0) is 21.2. The zero-order valence-corrected chi connectivity index (χ0v) is 16.7. The Hall–Kier alpha value is -3.00. The maximum Gasteiger partial charge on any atom is 0.338 e. The standard InChI is InChI=1S/C24H22O7/c25-14-29-24-21(27-12-15-7-3-1-4-8-15)20-18(11-17-13-28-23(31-24)19(17)20)30-22(26)16-9-5-2-6-10-16/h1-11,14,18-21,23-24H,12-13H2/t18-,19+,20-,21-,23-,24-/m0/s1. The maximum atomic E-state index is 12.7. The van der Waals surface area contributed by atoms with Crippen molar-refractivity contribution >= 4 is 12.4 Å². The van der Waals surface area contributed by atoms with E-state index >= 15 is 0 Å². The van der Waals surface area contributed by atoms with Gasteiger partial charge < -0.3 is 23.7 Å². The molecule has 160 valence electrons. The summed E-state index contributed by atoms with van der Waals surface area (Å²) in [5.74, 6) is -0.834. The van der Waals surface area contributed by atoms with Crippen LogP contribution in [0.25, 0.3) is 0 Å². The lowest BCUT2D eigenvalue weighted by Gasteiger charge is -2.42. The summed E-state index contributed by atoms with van der Waals surface area (Å²) < 4.78 is 28.9. The zero-order valence-electron chi connectivity index (χ0n) is 16.7.